The molecule has 1 amide bonds. The maximum Gasteiger partial charge on any atom is 0.257 e. The average Bonchev–Trinajstić information content (AvgIpc) is 2.61. The largest absolute Gasteiger partial charge is 0.368 e. The Morgan fingerprint density at radius 2 is 2.12 bits per heavy atom. The van der Waals surface area contributed by atoms with E-state index in [1.165, 1.54) is 18.3 Å². The number of anilines is 1. The zero-order valence-corrected chi connectivity index (χ0v) is 14.4. The number of hydrogen-bond donors (Lipinski definition) is 1. The summed E-state index contributed by atoms with van der Waals surface area (Å²) in [5, 5.41) is 0. The van der Waals surface area contributed by atoms with E-state index in [4.69, 9.17) is 5.73 Å². The van der Waals surface area contributed by atoms with Crippen LogP contribution in [0.25, 0.3) is 0 Å². The minimum absolute atomic E-state index is 0.0241. The summed E-state index contributed by atoms with van der Waals surface area (Å²) >= 11 is 0. The lowest BCUT2D eigenvalue weighted by molar-refractivity contribution is 0.0666. The number of likely N-dealkylation sites (tertiary alicyclic amines) is 1. The van der Waals surface area contributed by atoms with Crippen LogP contribution in [0.1, 0.15) is 40.9 Å². The van der Waals surface area contributed by atoms with Crippen molar-refractivity contribution in [3.8, 4) is 0 Å². The number of amides is 1. The molecule has 6 heteroatoms. The summed E-state index contributed by atoms with van der Waals surface area (Å²) in [6.45, 7) is 3.28. The highest BCUT2D eigenvalue weighted by Gasteiger charge is 2.25. The fraction of sp³-hybridized carbons (Fsp3) is 0.421. The predicted molar refractivity (Wildman–Crippen MR) is 94.5 cm³/mol. The zero-order valence-electron chi connectivity index (χ0n) is 14.4. The van der Waals surface area contributed by atoms with E-state index in [1.807, 2.05) is 17.0 Å². The number of aromatic nitrogens is 2. The second-order valence-corrected chi connectivity index (χ2v) is 6.65. The van der Waals surface area contributed by atoms with Crippen molar-refractivity contribution in [2.75, 3.05) is 18.8 Å². The number of nitrogens with zero attached hydrogens (tertiary/aromatic N) is 3. The predicted octanol–water partition coefficient (Wildman–Crippen LogP) is 2.99. The molecule has 1 aromatic heterocycles. The molecule has 2 N–H and O–H groups in total. The molecule has 1 aliphatic rings. The monoisotopic (exact) mass is 342 g/mol. The van der Waals surface area contributed by atoms with Crippen molar-refractivity contribution in [1.29, 1.82) is 0 Å². The summed E-state index contributed by atoms with van der Waals surface area (Å²) in [5.74, 6) is 0.408. The molecule has 3 rings (SSSR count). The van der Waals surface area contributed by atoms with Gasteiger partial charge in [-0.3, -0.25) is 4.79 Å². The number of nitrogens with two attached hydrogens (primary N) is 1. The van der Waals surface area contributed by atoms with Crippen molar-refractivity contribution in [2.45, 2.75) is 32.6 Å². The van der Waals surface area contributed by atoms with Gasteiger partial charge in [-0.25, -0.2) is 14.4 Å². The van der Waals surface area contributed by atoms with Crippen LogP contribution in [0.5, 0.6) is 0 Å². The molecule has 2 aromatic rings. The zero-order chi connectivity index (χ0) is 17.8. The summed E-state index contributed by atoms with van der Waals surface area (Å²) in [7, 11) is 0. The summed E-state index contributed by atoms with van der Waals surface area (Å²) in [6, 6.07) is 6.65. The normalized spacial score (nSPS) is 17.5. The molecule has 0 aliphatic carbocycles. The minimum Gasteiger partial charge on any atom is -0.368 e. The highest BCUT2D eigenvalue weighted by atomic mass is 19.1. The minimum atomic E-state index is -0.209. The number of benzene rings is 1. The van der Waals surface area contributed by atoms with Crippen molar-refractivity contribution in [3.63, 3.8) is 0 Å². The van der Waals surface area contributed by atoms with Gasteiger partial charge in [0.15, 0.2) is 0 Å². The Morgan fingerprint density at radius 3 is 2.84 bits per heavy atom. The van der Waals surface area contributed by atoms with Crippen LogP contribution in [0.2, 0.25) is 0 Å². The standard InChI is InChI=1S/C19H23FN4O/c1-13-17(11-22-19(21)23-13)18(25)24-10-2-3-15(12-24)5-4-14-6-8-16(20)9-7-14/h6-9,11,15H,2-5,10,12H2,1H3,(H2,21,22,23). The first kappa shape index (κ1) is 17.3. The molecule has 0 spiro atoms. The smallest absolute Gasteiger partial charge is 0.257 e. The molecule has 0 saturated carbocycles. The van der Waals surface area contributed by atoms with Gasteiger partial charge in [0.1, 0.15) is 5.82 Å². The molecule has 0 bridgehead atoms. The van der Waals surface area contributed by atoms with Gasteiger partial charge in [0.25, 0.3) is 5.91 Å². The molecule has 0 radical (unpaired) electrons. The van der Waals surface area contributed by atoms with Crippen molar-refractivity contribution >= 4 is 11.9 Å². The number of hydrogen-bond acceptors (Lipinski definition) is 4. The third-order valence-electron chi connectivity index (χ3n) is 4.79. The summed E-state index contributed by atoms with van der Waals surface area (Å²) in [5.41, 5.74) is 7.83. The van der Waals surface area contributed by atoms with E-state index in [0.29, 0.717) is 17.2 Å². The molecule has 2 heterocycles. The number of rotatable bonds is 4. The van der Waals surface area contributed by atoms with E-state index in [9.17, 15) is 9.18 Å². The quantitative estimate of drug-likeness (QED) is 0.927. The molecular formula is C19H23FN4O. The maximum atomic E-state index is 13.0. The van der Waals surface area contributed by atoms with Crippen LogP contribution in [-0.2, 0) is 6.42 Å². The van der Waals surface area contributed by atoms with Crippen LogP contribution in [0, 0.1) is 18.7 Å². The summed E-state index contributed by atoms with van der Waals surface area (Å²) < 4.78 is 13.0. The number of halogens is 1. The van der Waals surface area contributed by atoms with Gasteiger partial charge < -0.3 is 10.6 Å². The molecule has 1 unspecified atom stereocenters. The Balaban J connectivity index is 1.60. The highest BCUT2D eigenvalue weighted by molar-refractivity contribution is 5.95. The van der Waals surface area contributed by atoms with Crippen LogP contribution in [0.15, 0.2) is 30.5 Å². The molecular weight excluding hydrogens is 319 g/mol. The second-order valence-electron chi connectivity index (χ2n) is 6.65. The molecule has 1 saturated heterocycles. The Labute approximate surface area is 147 Å². The van der Waals surface area contributed by atoms with E-state index in [2.05, 4.69) is 9.97 Å². The average molecular weight is 342 g/mol. The van der Waals surface area contributed by atoms with Gasteiger partial charge in [-0.1, -0.05) is 12.1 Å². The summed E-state index contributed by atoms with van der Waals surface area (Å²) in [6.07, 6.45) is 5.52. The third-order valence-corrected chi connectivity index (χ3v) is 4.79. The number of carbonyl (C=O) groups excluding carboxylic acids is 1. The Hall–Kier alpha value is -2.50. The number of aryl methyl sites for hydroxylation is 2. The van der Waals surface area contributed by atoms with E-state index in [0.717, 1.165) is 44.3 Å². The first-order chi connectivity index (χ1) is 12.0. The lowest BCUT2D eigenvalue weighted by Gasteiger charge is -2.33. The van der Waals surface area contributed by atoms with Crippen LogP contribution in [-0.4, -0.2) is 33.9 Å². The van der Waals surface area contributed by atoms with Crippen molar-refractivity contribution in [1.82, 2.24) is 14.9 Å². The van der Waals surface area contributed by atoms with Gasteiger partial charge in [-0.15, -0.1) is 0 Å². The number of nitrogen functional groups attached to an aromatic ring is 1. The lowest BCUT2D eigenvalue weighted by atomic mass is 9.91. The van der Waals surface area contributed by atoms with Crippen molar-refractivity contribution in [3.05, 3.63) is 53.1 Å². The van der Waals surface area contributed by atoms with Gasteiger partial charge in [0.2, 0.25) is 5.95 Å². The van der Waals surface area contributed by atoms with E-state index in [-0.39, 0.29) is 17.7 Å². The number of piperidine rings is 1. The van der Waals surface area contributed by atoms with Crippen LogP contribution < -0.4 is 5.73 Å². The third kappa shape index (κ3) is 4.32. The first-order valence-electron chi connectivity index (χ1n) is 8.66. The van der Waals surface area contributed by atoms with E-state index < -0.39 is 0 Å². The van der Waals surface area contributed by atoms with Crippen LogP contribution in [0.3, 0.4) is 0 Å². The Kier molecular flexibility index (Phi) is 5.26. The van der Waals surface area contributed by atoms with Crippen molar-refractivity contribution < 1.29 is 9.18 Å². The molecule has 25 heavy (non-hydrogen) atoms. The van der Waals surface area contributed by atoms with Gasteiger partial charge in [0.05, 0.1) is 11.3 Å². The van der Waals surface area contributed by atoms with Crippen LogP contribution in [0.4, 0.5) is 10.3 Å². The topological polar surface area (TPSA) is 72.1 Å². The Bertz CT molecular complexity index is 748. The lowest BCUT2D eigenvalue weighted by Crippen LogP contribution is -2.40. The van der Waals surface area contributed by atoms with Gasteiger partial charge in [-0.05, 0) is 56.2 Å². The first-order valence-corrected chi connectivity index (χ1v) is 8.66. The van der Waals surface area contributed by atoms with Gasteiger partial charge >= 0.3 is 0 Å². The molecule has 5 nitrogen and oxygen atoms in total. The molecule has 1 fully saturated rings. The molecule has 1 atom stereocenters. The highest BCUT2D eigenvalue weighted by Crippen LogP contribution is 2.23. The SMILES string of the molecule is Cc1nc(N)ncc1C(=O)N1CCCC(CCc2ccc(F)cc2)C1. The van der Waals surface area contributed by atoms with Gasteiger partial charge in [0, 0.05) is 19.3 Å². The summed E-state index contributed by atoms with van der Waals surface area (Å²) in [4.78, 5) is 22.7. The van der Waals surface area contributed by atoms with E-state index in [1.54, 1.807) is 6.92 Å². The van der Waals surface area contributed by atoms with E-state index >= 15 is 0 Å². The van der Waals surface area contributed by atoms with Gasteiger partial charge in [-0.2, -0.15) is 0 Å². The van der Waals surface area contributed by atoms with Crippen LogP contribution >= 0.6 is 0 Å². The number of carbonyl (C=O) groups is 1. The fourth-order valence-electron chi connectivity index (χ4n) is 3.37. The maximum absolute atomic E-state index is 13.0. The molecule has 132 valence electrons. The second kappa shape index (κ2) is 7.59. The molecule has 1 aromatic carbocycles. The fourth-order valence-corrected chi connectivity index (χ4v) is 3.37. The Morgan fingerprint density at radius 1 is 1.36 bits per heavy atom. The molecule has 1 aliphatic heterocycles. The van der Waals surface area contributed by atoms with Crippen molar-refractivity contribution in [2.24, 2.45) is 5.92 Å².